The Labute approximate surface area is 175 Å². The van der Waals surface area contributed by atoms with E-state index < -0.39 is 5.54 Å². The van der Waals surface area contributed by atoms with Crippen LogP contribution in [0.3, 0.4) is 0 Å². The lowest BCUT2D eigenvalue weighted by Gasteiger charge is -2.32. The fraction of sp³-hybridized carbons (Fsp3) is 0.292. The number of benzene rings is 1. The number of hydrazine groups is 1. The van der Waals surface area contributed by atoms with Crippen LogP contribution in [0.5, 0.6) is 0 Å². The summed E-state index contributed by atoms with van der Waals surface area (Å²) >= 11 is 0. The zero-order valence-corrected chi connectivity index (χ0v) is 17.1. The third-order valence-corrected chi connectivity index (χ3v) is 6.04. The van der Waals surface area contributed by atoms with Crippen molar-refractivity contribution in [2.75, 3.05) is 6.54 Å². The van der Waals surface area contributed by atoms with Gasteiger partial charge in [0.1, 0.15) is 5.54 Å². The predicted molar refractivity (Wildman–Crippen MR) is 116 cm³/mol. The first-order chi connectivity index (χ1) is 14.5. The summed E-state index contributed by atoms with van der Waals surface area (Å²) in [5.74, 6) is -0.288. The first-order valence-electron chi connectivity index (χ1n) is 10.4. The summed E-state index contributed by atoms with van der Waals surface area (Å²) in [6.07, 6.45) is 7.38. The Morgan fingerprint density at radius 2 is 2.17 bits per heavy atom. The Bertz CT molecular complexity index is 1170. The molecule has 152 valence electrons. The number of pyridine rings is 2. The maximum absolute atomic E-state index is 11.2. The first kappa shape index (κ1) is 18.8. The molecule has 1 amide bonds. The normalized spacial score (nSPS) is 20.4. The van der Waals surface area contributed by atoms with Crippen molar-refractivity contribution in [1.82, 2.24) is 20.4 Å². The van der Waals surface area contributed by atoms with Crippen molar-refractivity contribution in [3.8, 4) is 0 Å². The molecule has 1 atom stereocenters. The first-order valence-corrected chi connectivity index (χ1v) is 10.4. The second-order valence-corrected chi connectivity index (χ2v) is 8.15. The summed E-state index contributed by atoms with van der Waals surface area (Å²) in [5, 5.41) is 3.34. The van der Waals surface area contributed by atoms with Crippen molar-refractivity contribution in [3.05, 3.63) is 82.9 Å². The van der Waals surface area contributed by atoms with Gasteiger partial charge in [-0.2, -0.15) is 0 Å². The molecular formula is C24H25N5O. The maximum atomic E-state index is 11.2. The van der Waals surface area contributed by atoms with Gasteiger partial charge in [-0.25, -0.2) is 5.43 Å². The van der Waals surface area contributed by atoms with Crippen molar-refractivity contribution < 1.29 is 4.79 Å². The summed E-state index contributed by atoms with van der Waals surface area (Å²) in [4.78, 5) is 20.7. The molecule has 0 saturated carbocycles. The van der Waals surface area contributed by atoms with E-state index in [-0.39, 0.29) is 5.91 Å². The van der Waals surface area contributed by atoms with Gasteiger partial charge in [0, 0.05) is 35.9 Å². The van der Waals surface area contributed by atoms with Crippen molar-refractivity contribution in [2.45, 2.75) is 38.1 Å². The third-order valence-electron chi connectivity index (χ3n) is 6.04. The van der Waals surface area contributed by atoms with Gasteiger partial charge in [-0.15, -0.1) is 0 Å². The van der Waals surface area contributed by atoms with E-state index in [0.29, 0.717) is 12.8 Å². The van der Waals surface area contributed by atoms with E-state index in [9.17, 15) is 4.79 Å². The smallest absolute Gasteiger partial charge is 0.217 e. The summed E-state index contributed by atoms with van der Waals surface area (Å²) in [7, 11) is 0. The lowest BCUT2D eigenvalue weighted by atomic mass is 9.84. The number of hydrogen-bond acceptors (Lipinski definition) is 5. The van der Waals surface area contributed by atoms with Gasteiger partial charge >= 0.3 is 0 Å². The van der Waals surface area contributed by atoms with Crippen molar-refractivity contribution >= 4 is 16.8 Å². The van der Waals surface area contributed by atoms with Crippen LogP contribution in [0, 0.1) is 6.92 Å². The molecule has 0 radical (unpaired) electrons. The van der Waals surface area contributed by atoms with Crippen molar-refractivity contribution in [2.24, 2.45) is 5.73 Å². The minimum atomic E-state index is -0.530. The van der Waals surface area contributed by atoms with E-state index in [1.165, 1.54) is 5.70 Å². The lowest BCUT2D eigenvalue weighted by molar-refractivity contribution is -0.117. The molecule has 30 heavy (non-hydrogen) atoms. The third kappa shape index (κ3) is 3.13. The number of nitrogens with one attached hydrogen (secondary N) is 1. The molecule has 2 aliphatic heterocycles. The monoisotopic (exact) mass is 399 g/mol. The highest BCUT2D eigenvalue weighted by atomic mass is 16.1. The van der Waals surface area contributed by atoms with Gasteiger partial charge in [0.05, 0.1) is 11.2 Å². The fourth-order valence-corrected chi connectivity index (χ4v) is 4.60. The quantitative estimate of drug-likeness (QED) is 0.689. The van der Waals surface area contributed by atoms with Gasteiger partial charge in [-0.3, -0.25) is 14.8 Å². The Morgan fingerprint density at radius 3 is 2.97 bits per heavy atom. The predicted octanol–water partition coefficient (Wildman–Crippen LogP) is 3.10. The molecular weight excluding hydrogens is 374 g/mol. The van der Waals surface area contributed by atoms with Gasteiger partial charge in [-0.1, -0.05) is 18.2 Å². The zero-order chi connectivity index (χ0) is 20.7. The van der Waals surface area contributed by atoms with E-state index in [0.717, 1.165) is 52.8 Å². The minimum absolute atomic E-state index is 0.288. The van der Waals surface area contributed by atoms with E-state index in [2.05, 4.69) is 57.9 Å². The molecule has 1 unspecified atom stereocenters. The molecule has 1 fully saturated rings. The number of aryl methyl sites for hydroxylation is 2. The molecule has 5 rings (SSSR count). The average Bonchev–Trinajstić information content (AvgIpc) is 3.32. The number of carbonyl (C=O) groups excluding carboxylic acids is 1. The highest BCUT2D eigenvalue weighted by Crippen LogP contribution is 2.42. The Morgan fingerprint density at radius 1 is 1.27 bits per heavy atom. The number of fused-ring (bicyclic) bond motifs is 2. The van der Waals surface area contributed by atoms with E-state index in [4.69, 9.17) is 10.7 Å². The van der Waals surface area contributed by atoms with E-state index in [1.807, 2.05) is 19.2 Å². The molecule has 6 heteroatoms. The molecule has 0 aliphatic carbocycles. The molecule has 1 aromatic carbocycles. The van der Waals surface area contributed by atoms with E-state index >= 15 is 0 Å². The number of rotatable bonds is 5. The molecule has 6 nitrogen and oxygen atoms in total. The minimum Gasteiger partial charge on any atom is -0.370 e. The molecule has 2 aliphatic rings. The van der Waals surface area contributed by atoms with Gasteiger partial charge in [0.15, 0.2) is 0 Å². The van der Waals surface area contributed by atoms with Crippen LogP contribution in [0.4, 0.5) is 0 Å². The van der Waals surface area contributed by atoms with Crippen LogP contribution >= 0.6 is 0 Å². The number of nitrogens with two attached hydrogens (primary N) is 1. The van der Waals surface area contributed by atoms with Crippen molar-refractivity contribution in [3.63, 3.8) is 0 Å². The Hall–Kier alpha value is -3.25. The average molecular weight is 399 g/mol. The summed E-state index contributed by atoms with van der Waals surface area (Å²) in [6, 6.07) is 14.5. The number of hydrogen-bond donors (Lipinski definition) is 2. The molecule has 1 saturated heterocycles. The van der Waals surface area contributed by atoms with Crippen LogP contribution in [0.15, 0.2) is 60.4 Å². The van der Waals surface area contributed by atoms with Crippen LogP contribution in [0.25, 0.3) is 10.9 Å². The number of amides is 1. The van der Waals surface area contributed by atoms with Crippen LogP contribution in [0.1, 0.15) is 41.8 Å². The lowest BCUT2D eigenvalue weighted by Crippen LogP contribution is -2.45. The largest absolute Gasteiger partial charge is 0.370 e. The Kier molecular flexibility index (Phi) is 4.51. The van der Waals surface area contributed by atoms with Gasteiger partial charge in [0.25, 0.3) is 0 Å². The van der Waals surface area contributed by atoms with E-state index in [1.54, 1.807) is 0 Å². The molecule has 4 heterocycles. The number of primary amides is 1. The van der Waals surface area contributed by atoms with Gasteiger partial charge in [0.2, 0.25) is 5.91 Å². The highest BCUT2D eigenvalue weighted by molar-refractivity contribution is 5.85. The van der Waals surface area contributed by atoms with Crippen LogP contribution in [0.2, 0.25) is 0 Å². The summed E-state index contributed by atoms with van der Waals surface area (Å²) < 4.78 is 0. The topological polar surface area (TPSA) is 84.1 Å². The molecule has 2 aromatic heterocycles. The molecule has 0 spiro atoms. The molecule has 3 aromatic rings. The highest BCUT2D eigenvalue weighted by Gasteiger charge is 2.43. The van der Waals surface area contributed by atoms with Gasteiger partial charge < -0.3 is 10.7 Å². The number of nitrogens with zero attached hydrogens (tertiary/aromatic N) is 3. The number of aromatic nitrogens is 2. The SMILES string of the molecule is Cc1cccc(C2(c3ccnc4cc(CCC(N)=O)ccc34)C=C3CCCN3N2)n1. The van der Waals surface area contributed by atoms with Crippen LogP contribution in [-0.4, -0.2) is 27.4 Å². The summed E-state index contributed by atoms with van der Waals surface area (Å²) in [5.41, 5.74) is 14.9. The second-order valence-electron chi connectivity index (χ2n) is 8.15. The number of carbonyl (C=O) groups is 1. The number of allylic oxidation sites excluding steroid dienone is 1. The maximum Gasteiger partial charge on any atom is 0.217 e. The van der Waals surface area contributed by atoms with Crippen molar-refractivity contribution in [1.29, 1.82) is 0 Å². The summed E-state index contributed by atoms with van der Waals surface area (Å²) in [6.45, 7) is 3.02. The standard InChI is InChI=1S/C24H25N5O/c1-16-4-2-6-22(27-16)24(15-18-5-3-13-29(18)28-24)20-11-12-26-21-14-17(7-9-19(20)21)8-10-23(25)30/h2,4,6-7,9,11-12,14-15,28H,3,5,8,10,13H2,1H3,(H2,25,30). The van der Waals surface area contributed by atoms with Gasteiger partial charge in [-0.05, 0) is 67.7 Å². The molecule has 0 bridgehead atoms. The second kappa shape index (κ2) is 7.22. The van der Waals surface area contributed by atoms with Crippen LogP contribution in [-0.2, 0) is 16.8 Å². The molecule has 3 N–H and O–H groups in total. The zero-order valence-electron chi connectivity index (χ0n) is 17.1. The fourth-order valence-electron chi connectivity index (χ4n) is 4.60. The van der Waals surface area contributed by atoms with Crippen LogP contribution < -0.4 is 11.2 Å². The Balaban J connectivity index is 1.67.